The maximum atomic E-state index is 11.7. The highest BCUT2D eigenvalue weighted by molar-refractivity contribution is 7.52. The van der Waals surface area contributed by atoms with Crippen molar-refractivity contribution in [3.63, 3.8) is 0 Å². The molecular weight excluding hydrogens is 301 g/mol. The van der Waals surface area contributed by atoms with E-state index in [-0.39, 0.29) is 6.16 Å². The van der Waals surface area contributed by atoms with Crippen LogP contribution in [0.5, 0.6) is 0 Å². The Morgan fingerprint density at radius 1 is 1.00 bits per heavy atom. The van der Waals surface area contributed by atoms with Crippen LogP contribution in [0.4, 0.5) is 0 Å². The van der Waals surface area contributed by atoms with E-state index in [2.05, 4.69) is 16.9 Å². The van der Waals surface area contributed by atoms with E-state index in [1.165, 1.54) is 51.4 Å². The molecular formula is C15H33N3O3P+. The van der Waals surface area contributed by atoms with Crippen LogP contribution in [0.2, 0.25) is 0 Å². The maximum absolute atomic E-state index is 11.7. The summed E-state index contributed by atoms with van der Waals surface area (Å²) in [7, 11) is -3.47. The van der Waals surface area contributed by atoms with E-state index in [1.54, 1.807) is 0 Å². The molecule has 2 N–H and O–H groups in total. The maximum Gasteiger partial charge on any atom is 0.328 e. The summed E-state index contributed by atoms with van der Waals surface area (Å²) < 4.78 is 16.7. The minimum Gasteiger partial charge on any atom is -0.324 e. The SMILES string of the molecule is CCCCCCCCCCCCOP(=O)(O)CCCN=[N+]=N. The lowest BCUT2D eigenvalue weighted by Gasteiger charge is -2.10. The molecule has 0 spiro atoms. The highest BCUT2D eigenvalue weighted by atomic mass is 31.2. The molecule has 0 amide bonds. The molecule has 0 aromatic heterocycles. The van der Waals surface area contributed by atoms with Crippen LogP contribution < -0.4 is 4.91 Å². The second-order valence-electron chi connectivity index (χ2n) is 5.69. The molecule has 0 saturated carbocycles. The normalized spacial score (nSPS) is 13.5. The number of nitrogens with one attached hydrogen (secondary N) is 1. The van der Waals surface area contributed by atoms with Gasteiger partial charge in [0, 0.05) is 0 Å². The third kappa shape index (κ3) is 15.8. The Labute approximate surface area is 134 Å². The summed E-state index contributed by atoms with van der Waals surface area (Å²) >= 11 is 0. The molecule has 0 aliphatic carbocycles. The molecule has 6 nitrogen and oxygen atoms in total. The molecule has 0 aromatic rings. The number of nitrogens with zero attached hydrogens (tertiary/aromatic N) is 2. The van der Waals surface area contributed by atoms with E-state index in [9.17, 15) is 9.46 Å². The van der Waals surface area contributed by atoms with Gasteiger partial charge in [0.25, 0.3) is 0 Å². The Balaban J connectivity index is 3.33. The second kappa shape index (κ2) is 15.4. The molecule has 1 atom stereocenters. The van der Waals surface area contributed by atoms with Crippen molar-refractivity contribution in [2.24, 2.45) is 5.11 Å². The summed E-state index contributed by atoms with van der Waals surface area (Å²) in [4.78, 5) is 12.4. The fourth-order valence-corrected chi connectivity index (χ4v) is 3.34. The van der Waals surface area contributed by atoms with Crippen LogP contribution in [0.25, 0.3) is 0 Å². The lowest BCUT2D eigenvalue weighted by molar-refractivity contribution is 0.252. The number of hydrogen-bond donors (Lipinski definition) is 2. The van der Waals surface area contributed by atoms with Crippen molar-refractivity contribution in [2.45, 2.75) is 77.6 Å². The quantitative estimate of drug-likeness (QED) is 0.179. The zero-order valence-electron chi connectivity index (χ0n) is 14.0. The first-order valence-electron chi connectivity index (χ1n) is 8.62. The minimum atomic E-state index is -3.47. The van der Waals surface area contributed by atoms with Gasteiger partial charge in [-0.3, -0.25) is 4.57 Å². The molecule has 0 bridgehead atoms. The van der Waals surface area contributed by atoms with Crippen LogP contribution in [0.3, 0.4) is 0 Å². The average Bonchev–Trinajstić information content (AvgIpc) is 2.49. The smallest absolute Gasteiger partial charge is 0.324 e. The monoisotopic (exact) mass is 334 g/mol. The van der Waals surface area contributed by atoms with Gasteiger partial charge >= 0.3 is 7.60 Å². The van der Waals surface area contributed by atoms with Crippen molar-refractivity contribution in [3.8, 4) is 0 Å². The molecule has 22 heavy (non-hydrogen) atoms. The standard InChI is InChI=1S/C15H32N3O3P/c1-2-3-4-5-6-7-8-9-10-11-14-21-22(19,20)15-12-13-17-18-16/h16H,2-15H2,1H3/p+1. The Bertz CT molecular complexity index is 347. The Morgan fingerprint density at radius 2 is 1.55 bits per heavy atom. The van der Waals surface area contributed by atoms with E-state index < -0.39 is 7.60 Å². The summed E-state index contributed by atoms with van der Waals surface area (Å²) in [5.74, 6) is 0. The summed E-state index contributed by atoms with van der Waals surface area (Å²) in [6.45, 7) is 2.88. The third-order valence-corrected chi connectivity index (χ3v) is 5.03. The van der Waals surface area contributed by atoms with Gasteiger partial charge in [0.15, 0.2) is 0 Å². The lowest BCUT2D eigenvalue weighted by atomic mass is 10.1. The predicted molar refractivity (Wildman–Crippen MR) is 89.3 cm³/mol. The van der Waals surface area contributed by atoms with Crippen LogP contribution in [-0.4, -0.2) is 24.2 Å². The van der Waals surface area contributed by atoms with Gasteiger partial charge in [-0.2, -0.15) is 0 Å². The van der Waals surface area contributed by atoms with Gasteiger partial charge < -0.3 is 9.42 Å². The number of hydrogen-bond acceptors (Lipinski definition) is 4. The number of rotatable bonds is 16. The minimum absolute atomic E-state index is 0.0871. The summed E-state index contributed by atoms with van der Waals surface area (Å²) in [6, 6.07) is 0. The van der Waals surface area contributed by atoms with Crippen LogP contribution in [0, 0.1) is 5.53 Å². The van der Waals surface area contributed by atoms with Crippen molar-refractivity contribution in [2.75, 3.05) is 19.3 Å². The van der Waals surface area contributed by atoms with Gasteiger partial charge in [0.1, 0.15) is 17.2 Å². The molecule has 0 rings (SSSR count). The Kier molecular flexibility index (Phi) is 15.0. The molecule has 130 valence electrons. The summed E-state index contributed by atoms with van der Waals surface area (Å²) in [6.07, 6.45) is 12.8. The predicted octanol–water partition coefficient (Wildman–Crippen LogP) is 5.05. The largest absolute Gasteiger partial charge is 0.328 e. The molecule has 0 aliphatic heterocycles. The highest BCUT2D eigenvalue weighted by Gasteiger charge is 2.18. The summed E-state index contributed by atoms with van der Waals surface area (Å²) in [5, 5.41) is 3.44. The Morgan fingerprint density at radius 3 is 2.09 bits per heavy atom. The number of unbranched alkanes of at least 4 members (excludes halogenated alkanes) is 9. The van der Waals surface area contributed by atoms with Gasteiger partial charge in [-0.1, -0.05) is 64.7 Å². The zero-order valence-corrected chi connectivity index (χ0v) is 14.9. The molecule has 0 aromatic carbocycles. The van der Waals surface area contributed by atoms with Gasteiger partial charge in [-0.05, 0) is 12.8 Å². The topological polar surface area (TPSA) is 96.8 Å². The first-order chi connectivity index (χ1) is 10.6. The van der Waals surface area contributed by atoms with Crippen LogP contribution >= 0.6 is 7.60 Å². The lowest BCUT2D eigenvalue weighted by Crippen LogP contribution is -1.98. The van der Waals surface area contributed by atoms with Crippen molar-refractivity contribution in [1.82, 2.24) is 4.91 Å². The van der Waals surface area contributed by atoms with Crippen molar-refractivity contribution < 1.29 is 14.0 Å². The van der Waals surface area contributed by atoms with Gasteiger partial charge in [-0.25, -0.2) is 0 Å². The Hall–Kier alpha value is -0.540. The van der Waals surface area contributed by atoms with Crippen molar-refractivity contribution in [3.05, 3.63) is 0 Å². The zero-order chi connectivity index (χ0) is 16.5. The first kappa shape index (κ1) is 21.5. The fourth-order valence-electron chi connectivity index (χ4n) is 2.25. The second-order valence-corrected chi connectivity index (χ2v) is 7.68. The molecule has 0 fully saturated rings. The van der Waals surface area contributed by atoms with Crippen molar-refractivity contribution >= 4 is 7.60 Å². The van der Waals surface area contributed by atoms with E-state index >= 15 is 0 Å². The molecule has 0 saturated heterocycles. The highest BCUT2D eigenvalue weighted by Crippen LogP contribution is 2.42. The van der Waals surface area contributed by atoms with E-state index in [4.69, 9.17) is 10.1 Å². The van der Waals surface area contributed by atoms with E-state index in [1.807, 2.05) is 0 Å². The first-order valence-corrected chi connectivity index (χ1v) is 10.4. The molecule has 0 aliphatic rings. The molecule has 0 heterocycles. The molecule has 0 radical (unpaired) electrons. The van der Waals surface area contributed by atoms with Gasteiger partial charge in [0.2, 0.25) is 4.91 Å². The van der Waals surface area contributed by atoms with Gasteiger partial charge in [-0.15, -0.1) is 0 Å². The van der Waals surface area contributed by atoms with Crippen molar-refractivity contribution in [1.29, 1.82) is 5.53 Å². The average molecular weight is 334 g/mol. The third-order valence-electron chi connectivity index (χ3n) is 3.56. The van der Waals surface area contributed by atoms with E-state index in [0.29, 0.717) is 19.6 Å². The fraction of sp³-hybridized carbons (Fsp3) is 1.00. The molecule has 1 unspecified atom stereocenters. The van der Waals surface area contributed by atoms with E-state index in [0.717, 1.165) is 12.8 Å². The summed E-state index contributed by atoms with van der Waals surface area (Å²) in [5.41, 5.74) is 6.48. The van der Waals surface area contributed by atoms with Crippen LogP contribution in [-0.2, 0) is 9.09 Å². The molecule has 7 heteroatoms. The van der Waals surface area contributed by atoms with Crippen LogP contribution in [0.1, 0.15) is 77.6 Å². The van der Waals surface area contributed by atoms with Crippen LogP contribution in [0.15, 0.2) is 5.11 Å². The van der Waals surface area contributed by atoms with Gasteiger partial charge in [0.05, 0.1) is 12.8 Å².